The molecule has 2 heterocycles. The van der Waals surface area contributed by atoms with Crippen LogP contribution in [0.2, 0.25) is 0 Å². The maximum Gasteiger partial charge on any atom is 0.265 e. The molecule has 0 bridgehead atoms. The first-order chi connectivity index (χ1) is 14.9. The summed E-state index contributed by atoms with van der Waals surface area (Å²) >= 11 is 1.33. The molecule has 0 saturated carbocycles. The van der Waals surface area contributed by atoms with Crippen molar-refractivity contribution in [3.05, 3.63) is 76.5 Å². The second-order valence-electron chi connectivity index (χ2n) is 7.00. The quantitative estimate of drug-likeness (QED) is 0.621. The number of halogens is 2. The molecule has 31 heavy (non-hydrogen) atoms. The Kier molecular flexibility index (Phi) is 5.77. The molecular weight excluding hydrogens is 424 g/mol. The van der Waals surface area contributed by atoms with E-state index in [-0.39, 0.29) is 30.5 Å². The highest BCUT2D eigenvalue weighted by atomic mass is 32.1. The lowest BCUT2D eigenvalue weighted by Crippen LogP contribution is -2.28. The summed E-state index contributed by atoms with van der Waals surface area (Å²) in [6, 6.07) is 13.0. The third-order valence-corrected chi connectivity index (χ3v) is 5.72. The third kappa shape index (κ3) is 4.61. The van der Waals surface area contributed by atoms with Gasteiger partial charge in [0, 0.05) is 30.4 Å². The van der Waals surface area contributed by atoms with Crippen molar-refractivity contribution in [2.24, 2.45) is 5.92 Å². The molecule has 1 saturated heterocycles. The highest BCUT2D eigenvalue weighted by Crippen LogP contribution is 2.28. The van der Waals surface area contributed by atoms with Gasteiger partial charge in [-0.3, -0.25) is 14.4 Å². The minimum atomic E-state index is -0.852. The molecule has 3 amide bonds. The van der Waals surface area contributed by atoms with Crippen LogP contribution in [-0.2, 0) is 9.59 Å². The van der Waals surface area contributed by atoms with Crippen molar-refractivity contribution < 1.29 is 23.2 Å². The predicted octanol–water partition coefficient (Wildman–Crippen LogP) is 4.27. The molecule has 6 nitrogen and oxygen atoms in total. The first-order valence-electron chi connectivity index (χ1n) is 9.42. The van der Waals surface area contributed by atoms with E-state index in [1.165, 1.54) is 17.4 Å². The molecule has 2 N–H and O–H groups in total. The Hall–Kier alpha value is -3.59. The number of carbonyl (C=O) groups excluding carboxylic acids is 3. The van der Waals surface area contributed by atoms with Gasteiger partial charge in [0.2, 0.25) is 11.8 Å². The Morgan fingerprint density at radius 1 is 1.00 bits per heavy atom. The summed E-state index contributed by atoms with van der Waals surface area (Å²) in [5.41, 5.74) is 1.02. The molecule has 1 aliphatic heterocycles. The number of hydrogen-bond donors (Lipinski definition) is 2. The molecule has 1 fully saturated rings. The van der Waals surface area contributed by atoms with Gasteiger partial charge in [0.05, 0.1) is 16.5 Å². The van der Waals surface area contributed by atoms with E-state index in [4.69, 9.17) is 0 Å². The van der Waals surface area contributed by atoms with E-state index >= 15 is 0 Å². The number of nitrogens with zero attached hydrogens (tertiary/aromatic N) is 1. The number of hydrogen-bond acceptors (Lipinski definition) is 4. The minimum Gasteiger partial charge on any atom is -0.326 e. The van der Waals surface area contributed by atoms with E-state index < -0.39 is 23.5 Å². The molecule has 9 heteroatoms. The van der Waals surface area contributed by atoms with Crippen molar-refractivity contribution in [2.75, 3.05) is 22.1 Å². The van der Waals surface area contributed by atoms with E-state index in [2.05, 4.69) is 10.6 Å². The molecule has 1 atom stereocenters. The molecule has 3 aromatic rings. The number of thiophene rings is 1. The summed E-state index contributed by atoms with van der Waals surface area (Å²) in [6.45, 7) is 0.00216. The van der Waals surface area contributed by atoms with Gasteiger partial charge in [-0.2, -0.15) is 0 Å². The number of carbonyl (C=O) groups is 3. The van der Waals surface area contributed by atoms with Crippen LogP contribution < -0.4 is 15.5 Å². The van der Waals surface area contributed by atoms with Crippen LogP contribution in [0.5, 0.6) is 0 Å². The van der Waals surface area contributed by atoms with Crippen LogP contribution in [0.4, 0.5) is 25.8 Å². The van der Waals surface area contributed by atoms with E-state index in [0.29, 0.717) is 22.3 Å². The zero-order valence-electron chi connectivity index (χ0n) is 16.1. The van der Waals surface area contributed by atoms with E-state index in [9.17, 15) is 23.2 Å². The van der Waals surface area contributed by atoms with E-state index in [1.54, 1.807) is 36.4 Å². The molecule has 158 valence electrons. The SMILES string of the molecule is O=C(Nc1ccc(NC(=O)C2CC(=O)N(c3ccc(F)cc3F)C2)cc1)c1cccs1. The maximum atomic E-state index is 14.0. The summed E-state index contributed by atoms with van der Waals surface area (Å²) in [6.07, 6.45) is -0.0718. The Bertz CT molecular complexity index is 1130. The lowest BCUT2D eigenvalue weighted by atomic mass is 10.1. The summed E-state index contributed by atoms with van der Waals surface area (Å²) in [4.78, 5) is 38.7. The van der Waals surface area contributed by atoms with Gasteiger partial charge in [0.1, 0.15) is 11.6 Å². The molecule has 1 aromatic heterocycles. The van der Waals surface area contributed by atoms with Crippen LogP contribution in [0, 0.1) is 17.6 Å². The molecule has 0 aliphatic carbocycles. The van der Waals surface area contributed by atoms with Gasteiger partial charge in [0.15, 0.2) is 0 Å². The molecule has 1 unspecified atom stereocenters. The largest absolute Gasteiger partial charge is 0.326 e. The fraction of sp³-hybridized carbons (Fsp3) is 0.136. The van der Waals surface area contributed by atoms with Crippen LogP contribution in [0.3, 0.4) is 0 Å². The van der Waals surface area contributed by atoms with Crippen molar-refractivity contribution in [3.63, 3.8) is 0 Å². The smallest absolute Gasteiger partial charge is 0.265 e. The van der Waals surface area contributed by atoms with Gasteiger partial charge < -0.3 is 15.5 Å². The topological polar surface area (TPSA) is 78.5 Å². The average Bonchev–Trinajstić information content (AvgIpc) is 3.40. The summed E-state index contributed by atoms with van der Waals surface area (Å²) in [5, 5.41) is 7.30. The van der Waals surface area contributed by atoms with Crippen LogP contribution in [0.1, 0.15) is 16.1 Å². The summed E-state index contributed by atoms with van der Waals surface area (Å²) in [7, 11) is 0. The zero-order valence-corrected chi connectivity index (χ0v) is 16.9. The molecule has 0 spiro atoms. The minimum absolute atomic E-state index is 0.00216. The van der Waals surface area contributed by atoms with Crippen LogP contribution in [-0.4, -0.2) is 24.3 Å². The van der Waals surface area contributed by atoms with Crippen molar-refractivity contribution in [1.82, 2.24) is 0 Å². The molecule has 1 aliphatic rings. The molecule has 0 radical (unpaired) electrons. The second-order valence-corrected chi connectivity index (χ2v) is 7.95. The zero-order chi connectivity index (χ0) is 22.0. The lowest BCUT2D eigenvalue weighted by molar-refractivity contribution is -0.122. The molecule has 2 aromatic carbocycles. The Morgan fingerprint density at radius 2 is 1.71 bits per heavy atom. The molecule has 4 rings (SSSR count). The third-order valence-electron chi connectivity index (χ3n) is 4.85. The van der Waals surface area contributed by atoms with Crippen LogP contribution in [0.15, 0.2) is 60.0 Å². The fourth-order valence-electron chi connectivity index (χ4n) is 3.30. The van der Waals surface area contributed by atoms with Gasteiger partial charge in [0.25, 0.3) is 5.91 Å². The Morgan fingerprint density at radius 3 is 2.35 bits per heavy atom. The number of rotatable bonds is 5. The van der Waals surface area contributed by atoms with E-state index in [1.807, 2.05) is 5.38 Å². The first-order valence-corrected chi connectivity index (χ1v) is 10.3. The maximum absolute atomic E-state index is 14.0. The van der Waals surface area contributed by atoms with Crippen molar-refractivity contribution in [3.8, 4) is 0 Å². The normalized spacial score (nSPS) is 15.7. The van der Waals surface area contributed by atoms with Crippen molar-refractivity contribution in [2.45, 2.75) is 6.42 Å². The van der Waals surface area contributed by atoms with Crippen LogP contribution in [0.25, 0.3) is 0 Å². The van der Waals surface area contributed by atoms with Crippen molar-refractivity contribution in [1.29, 1.82) is 0 Å². The van der Waals surface area contributed by atoms with Gasteiger partial charge in [-0.05, 0) is 47.8 Å². The van der Waals surface area contributed by atoms with Gasteiger partial charge in [-0.15, -0.1) is 11.3 Å². The molecular formula is C22H17F2N3O3S. The van der Waals surface area contributed by atoms with Crippen molar-refractivity contribution >= 4 is 46.1 Å². The summed E-state index contributed by atoms with van der Waals surface area (Å²) < 4.78 is 27.1. The Balaban J connectivity index is 1.37. The first kappa shape index (κ1) is 20.7. The number of benzene rings is 2. The lowest BCUT2D eigenvalue weighted by Gasteiger charge is -2.17. The standard InChI is InChI=1S/C22H17F2N3O3S/c23-14-3-8-18(17(24)11-14)27-12-13(10-20(27)28)21(29)25-15-4-6-16(7-5-15)26-22(30)19-2-1-9-31-19/h1-9,11,13H,10,12H2,(H,25,29)(H,26,30). The van der Waals surface area contributed by atoms with Gasteiger partial charge in [-0.25, -0.2) is 8.78 Å². The fourth-order valence-corrected chi connectivity index (χ4v) is 3.92. The highest BCUT2D eigenvalue weighted by Gasteiger charge is 2.36. The average molecular weight is 441 g/mol. The monoisotopic (exact) mass is 441 g/mol. The van der Waals surface area contributed by atoms with Crippen LogP contribution >= 0.6 is 11.3 Å². The second kappa shape index (κ2) is 8.65. The number of nitrogens with one attached hydrogen (secondary N) is 2. The Labute approximate surface area is 180 Å². The number of anilines is 3. The highest BCUT2D eigenvalue weighted by molar-refractivity contribution is 7.12. The van der Waals surface area contributed by atoms with Gasteiger partial charge >= 0.3 is 0 Å². The van der Waals surface area contributed by atoms with E-state index in [0.717, 1.165) is 11.0 Å². The predicted molar refractivity (Wildman–Crippen MR) is 114 cm³/mol. The summed E-state index contributed by atoms with van der Waals surface area (Å²) in [5.74, 6) is -3.27. The van der Waals surface area contributed by atoms with Gasteiger partial charge in [-0.1, -0.05) is 6.07 Å². The number of amides is 3.